The summed E-state index contributed by atoms with van der Waals surface area (Å²) in [7, 11) is 2.83. The highest BCUT2D eigenvalue weighted by Gasteiger charge is 3.00. The second kappa shape index (κ2) is 5.67. The third kappa shape index (κ3) is 2.25. The normalized spacial score (nSPS) is 25.7. The van der Waals surface area contributed by atoms with E-state index < -0.39 is 41.9 Å². The summed E-state index contributed by atoms with van der Waals surface area (Å²) in [5, 5.41) is 9.96. The molecule has 1 aliphatic carbocycles. The standard InChI is InChI=1S/C15H14F9NO/c1-25(2)9-6-4-3-5-8(9)10(26)7-11(16)12(17,18)14(21,22)15(23,24)13(11,19)20/h3-6,10,26H,7H2,1-2H3. The summed E-state index contributed by atoms with van der Waals surface area (Å²) in [5.41, 5.74) is -5.96. The number of benzene rings is 1. The van der Waals surface area contributed by atoms with E-state index >= 15 is 0 Å². The molecule has 1 aromatic carbocycles. The molecule has 0 saturated heterocycles. The zero-order chi connectivity index (χ0) is 20.3. The second-order valence-electron chi connectivity index (χ2n) is 6.27. The van der Waals surface area contributed by atoms with Gasteiger partial charge in [0.25, 0.3) is 5.67 Å². The Balaban J connectivity index is 2.54. The van der Waals surface area contributed by atoms with E-state index in [-0.39, 0.29) is 11.3 Å². The first-order valence-corrected chi connectivity index (χ1v) is 7.20. The molecule has 0 radical (unpaired) electrons. The number of halogens is 9. The van der Waals surface area contributed by atoms with Crippen LogP contribution in [0.5, 0.6) is 0 Å². The van der Waals surface area contributed by atoms with E-state index in [1.165, 1.54) is 37.2 Å². The van der Waals surface area contributed by atoms with Crippen molar-refractivity contribution in [3.05, 3.63) is 29.8 Å². The molecule has 1 saturated carbocycles. The monoisotopic (exact) mass is 395 g/mol. The lowest BCUT2D eigenvalue weighted by Crippen LogP contribution is -2.55. The number of rotatable bonds is 4. The Morgan fingerprint density at radius 1 is 0.808 bits per heavy atom. The van der Waals surface area contributed by atoms with Gasteiger partial charge >= 0.3 is 23.7 Å². The molecule has 1 atom stereocenters. The Morgan fingerprint density at radius 3 is 1.65 bits per heavy atom. The molecular formula is C15H14F9NO. The third-order valence-corrected chi connectivity index (χ3v) is 4.43. The molecular weight excluding hydrogens is 381 g/mol. The molecule has 1 N–H and O–H groups in total. The molecule has 2 rings (SSSR count). The van der Waals surface area contributed by atoms with Gasteiger partial charge in [-0.2, -0.15) is 35.1 Å². The Kier molecular flexibility index (Phi) is 4.51. The number of aliphatic hydroxyl groups excluding tert-OH is 1. The van der Waals surface area contributed by atoms with Crippen molar-refractivity contribution in [3.8, 4) is 0 Å². The van der Waals surface area contributed by atoms with Crippen molar-refractivity contribution in [2.24, 2.45) is 0 Å². The zero-order valence-corrected chi connectivity index (χ0v) is 13.4. The molecule has 0 bridgehead atoms. The summed E-state index contributed by atoms with van der Waals surface area (Å²) >= 11 is 0. The van der Waals surface area contributed by atoms with Gasteiger partial charge in [-0.15, -0.1) is 0 Å². The minimum Gasteiger partial charge on any atom is -0.388 e. The zero-order valence-electron chi connectivity index (χ0n) is 13.4. The highest BCUT2D eigenvalue weighted by molar-refractivity contribution is 5.53. The first-order chi connectivity index (χ1) is 11.6. The van der Waals surface area contributed by atoms with Crippen LogP contribution in [0.1, 0.15) is 18.1 Å². The minimum atomic E-state index is -6.64. The average Bonchev–Trinajstić information content (AvgIpc) is 2.57. The lowest BCUT2D eigenvalue weighted by Gasteiger charge is -2.33. The van der Waals surface area contributed by atoms with Gasteiger partial charge in [0, 0.05) is 31.8 Å². The quantitative estimate of drug-likeness (QED) is 0.763. The van der Waals surface area contributed by atoms with Crippen LogP contribution in [-0.4, -0.2) is 48.6 Å². The van der Waals surface area contributed by atoms with Crippen LogP contribution in [0.25, 0.3) is 0 Å². The highest BCUT2D eigenvalue weighted by atomic mass is 19.4. The molecule has 2 nitrogen and oxygen atoms in total. The van der Waals surface area contributed by atoms with Crippen LogP contribution in [0.15, 0.2) is 24.3 Å². The Morgan fingerprint density at radius 2 is 1.23 bits per heavy atom. The van der Waals surface area contributed by atoms with E-state index in [1.54, 1.807) is 0 Å². The van der Waals surface area contributed by atoms with E-state index in [4.69, 9.17) is 0 Å². The SMILES string of the molecule is CN(C)c1ccccc1C(O)CC1(F)C(F)(F)C(F)(F)C(F)(F)C1(F)F. The van der Waals surface area contributed by atoms with Gasteiger partial charge in [0.1, 0.15) is 0 Å². The van der Waals surface area contributed by atoms with E-state index in [9.17, 15) is 44.6 Å². The number of hydrogen-bond acceptors (Lipinski definition) is 2. The summed E-state index contributed by atoms with van der Waals surface area (Å²) in [5.74, 6) is -26.1. The maximum absolute atomic E-state index is 14.5. The van der Waals surface area contributed by atoms with Gasteiger partial charge in [-0.3, -0.25) is 0 Å². The van der Waals surface area contributed by atoms with Crippen LogP contribution >= 0.6 is 0 Å². The third-order valence-electron chi connectivity index (χ3n) is 4.43. The molecule has 11 heteroatoms. The maximum Gasteiger partial charge on any atom is 0.381 e. The number of aliphatic hydroxyl groups is 1. The molecule has 1 fully saturated rings. The number of nitrogens with zero attached hydrogens (tertiary/aromatic N) is 1. The smallest absolute Gasteiger partial charge is 0.381 e. The molecule has 1 aliphatic rings. The van der Waals surface area contributed by atoms with Gasteiger partial charge in [0.15, 0.2) is 0 Å². The van der Waals surface area contributed by atoms with Gasteiger partial charge in [0.05, 0.1) is 6.10 Å². The molecule has 0 spiro atoms. The average molecular weight is 395 g/mol. The number of para-hydroxylation sites is 1. The fourth-order valence-corrected chi connectivity index (χ4v) is 2.90. The van der Waals surface area contributed by atoms with Crippen LogP contribution in [0.2, 0.25) is 0 Å². The van der Waals surface area contributed by atoms with Crippen molar-refractivity contribution in [1.29, 1.82) is 0 Å². The predicted molar refractivity (Wildman–Crippen MR) is 74.0 cm³/mol. The van der Waals surface area contributed by atoms with Crippen molar-refractivity contribution >= 4 is 5.69 Å². The number of alkyl halides is 9. The molecule has 0 heterocycles. The van der Waals surface area contributed by atoms with Gasteiger partial charge in [0.2, 0.25) is 0 Å². The van der Waals surface area contributed by atoms with Gasteiger partial charge in [-0.1, -0.05) is 18.2 Å². The molecule has 1 unspecified atom stereocenters. The van der Waals surface area contributed by atoms with Crippen LogP contribution in [-0.2, 0) is 0 Å². The van der Waals surface area contributed by atoms with Crippen LogP contribution in [0, 0.1) is 0 Å². The molecule has 1 aromatic rings. The van der Waals surface area contributed by atoms with Crippen LogP contribution < -0.4 is 4.90 Å². The van der Waals surface area contributed by atoms with E-state index in [1.807, 2.05) is 0 Å². The van der Waals surface area contributed by atoms with Crippen LogP contribution in [0.3, 0.4) is 0 Å². The summed E-state index contributed by atoms with van der Waals surface area (Å²) in [6.45, 7) is 0. The highest BCUT2D eigenvalue weighted by Crippen LogP contribution is 2.70. The van der Waals surface area contributed by atoms with Crippen LogP contribution in [0.4, 0.5) is 45.2 Å². The van der Waals surface area contributed by atoms with Crippen molar-refractivity contribution in [2.75, 3.05) is 19.0 Å². The van der Waals surface area contributed by atoms with Gasteiger partial charge < -0.3 is 10.0 Å². The lowest BCUT2D eigenvalue weighted by molar-refractivity contribution is -0.303. The molecule has 26 heavy (non-hydrogen) atoms. The second-order valence-corrected chi connectivity index (χ2v) is 6.27. The summed E-state index contributed by atoms with van der Waals surface area (Å²) in [6, 6.07) is 5.00. The topological polar surface area (TPSA) is 23.5 Å². The fraction of sp³-hybridized carbons (Fsp3) is 0.600. The Bertz CT molecular complexity index is 663. The fourth-order valence-electron chi connectivity index (χ4n) is 2.90. The summed E-state index contributed by atoms with van der Waals surface area (Å²) in [4.78, 5) is 1.30. The first kappa shape index (κ1) is 20.7. The number of hydrogen-bond donors (Lipinski definition) is 1. The molecule has 148 valence electrons. The van der Waals surface area contributed by atoms with Gasteiger partial charge in [-0.25, -0.2) is 4.39 Å². The molecule has 0 aliphatic heterocycles. The molecule has 0 amide bonds. The van der Waals surface area contributed by atoms with Gasteiger partial charge in [-0.05, 0) is 6.07 Å². The summed E-state index contributed by atoms with van der Waals surface area (Å²) in [6.07, 6.45) is -4.83. The summed E-state index contributed by atoms with van der Waals surface area (Å²) < 4.78 is 122. The molecule has 0 aromatic heterocycles. The van der Waals surface area contributed by atoms with Crippen molar-refractivity contribution in [3.63, 3.8) is 0 Å². The largest absolute Gasteiger partial charge is 0.388 e. The van der Waals surface area contributed by atoms with E-state index in [0.29, 0.717) is 0 Å². The number of anilines is 1. The van der Waals surface area contributed by atoms with Crippen molar-refractivity contribution in [2.45, 2.75) is 41.9 Å². The lowest BCUT2D eigenvalue weighted by atomic mass is 9.87. The maximum atomic E-state index is 14.5. The minimum absolute atomic E-state index is 0.0757. The van der Waals surface area contributed by atoms with E-state index in [0.717, 1.165) is 6.07 Å². The Hall–Kier alpha value is -1.65. The Labute approximate surface area is 142 Å². The predicted octanol–water partition coefficient (Wildman–Crippen LogP) is 4.44. The first-order valence-electron chi connectivity index (χ1n) is 7.20. The van der Waals surface area contributed by atoms with Crippen molar-refractivity contribution < 1.29 is 44.6 Å². The van der Waals surface area contributed by atoms with E-state index in [2.05, 4.69) is 0 Å². The van der Waals surface area contributed by atoms with Crippen molar-refractivity contribution in [1.82, 2.24) is 0 Å².